The molecule has 0 fully saturated rings. The summed E-state index contributed by atoms with van der Waals surface area (Å²) < 4.78 is 6.74. The zero-order valence-electron chi connectivity index (χ0n) is 13.5. The molecule has 0 aliphatic rings. The molecule has 0 saturated carbocycles. The molecule has 6 heteroatoms. The van der Waals surface area contributed by atoms with Crippen molar-refractivity contribution in [3.63, 3.8) is 0 Å². The summed E-state index contributed by atoms with van der Waals surface area (Å²) in [7, 11) is 0. The molecule has 1 aromatic carbocycles. The Morgan fingerprint density at radius 1 is 1.38 bits per heavy atom. The lowest BCUT2D eigenvalue weighted by molar-refractivity contribution is -0.143. The Bertz CT molecular complexity index is 799. The highest BCUT2D eigenvalue weighted by atomic mass is 16.5. The molecule has 0 aliphatic heterocycles. The number of hydrogen-bond acceptors (Lipinski definition) is 4. The number of carbonyl (C=O) groups excluding carboxylic acids is 2. The maximum Gasteiger partial charge on any atom is 0.325 e. The molecule has 1 amide bonds. The van der Waals surface area contributed by atoms with Crippen LogP contribution in [0.15, 0.2) is 36.5 Å². The molecule has 0 aliphatic carbocycles. The average Bonchev–Trinajstić information content (AvgIpc) is 2.94. The molecular formula is C18H19N3O3. The van der Waals surface area contributed by atoms with E-state index in [1.807, 2.05) is 35.0 Å². The van der Waals surface area contributed by atoms with Crippen LogP contribution in [0.5, 0.6) is 0 Å². The van der Waals surface area contributed by atoms with Crippen LogP contribution in [0.25, 0.3) is 17.0 Å². The van der Waals surface area contributed by atoms with E-state index in [0.29, 0.717) is 13.0 Å². The highest BCUT2D eigenvalue weighted by Crippen LogP contribution is 2.22. The summed E-state index contributed by atoms with van der Waals surface area (Å²) in [6.45, 7) is 2.44. The van der Waals surface area contributed by atoms with E-state index in [4.69, 9.17) is 10.00 Å². The van der Waals surface area contributed by atoms with Crippen LogP contribution in [0.4, 0.5) is 0 Å². The van der Waals surface area contributed by atoms with Gasteiger partial charge in [0.05, 0.1) is 19.1 Å². The highest BCUT2D eigenvalue weighted by Gasteiger charge is 2.07. The summed E-state index contributed by atoms with van der Waals surface area (Å²) in [6, 6.07) is 9.94. The first kappa shape index (κ1) is 17.3. The first-order valence-corrected chi connectivity index (χ1v) is 7.72. The number of carbonyl (C=O) groups is 2. The average molecular weight is 325 g/mol. The normalized spacial score (nSPS) is 10.7. The fourth-order valence-electron chi connectivity index (χ4n) is 2.36. The van der Waals surface area contributed by atoms with Crippen molar-refractivity contribution in [3.05, 3.63) is 42.1 Å². The summed E-state index contributed by atoms with van der Waals surface area (Å²) in [5.74, 6) is -0.829. The number of esters is 1. The predicted molar refractivity (Wildman–Crippen MR) is 90.8 cm³/mol. The molecule has 2 rings (SSSR count). The molecule has 1 heterocycles. The van der Waals surface area contributed by atoms with Gasteiger partial charge in [-0.1, -0.05) is 18.2 Å². The topological polar surface area (TPSA) is 84.1 Å². The minimum absolute atomic E-state index is 0.152. The second kappa shape index (κ2) is 8.53. The molecule has 2 aromatic rings. The minimum atomic E-state index is -0.465. The molecule has 24 heavy (non-hydrogen) atoms. The number of nitriles is 1. The SMILES string of the molecule is CCOC(=O)CNC(=O)/C=C/c1cn(CCC#N)c2ccccc12. The highest BCUT2D eigenvalue weighted by molar-refractivity contribution is 5.97. The number of aromatic nitrogens is 1. The maximum absolute atomic E-state index is 11.8. The van der Waals surface area contributed by atoms with Gasteiger partial charge in [-0.25, -0.2) is 0 Å². The van der Waals surface area contributed by atoms with E-state index in [2.05, 4.69) is 11.4 Å². The van der Waals surface area contributed by atoms with Gasteiger partial charge in [0.2, 0.25) is 5.91 Å². The van der Waals surface area contributed by atoms with E-state index in [1.165, 1.54) is 6.08 Å². The lowest BCUT2D eigenvalue weighted by Gasteiger charge is -2.01. The van der Waals surface area contributed by atoms with Gasteiger partial charge in [0, 0.05) is 35.3 Å². The van der Waals surface area contributed by atoms with Crippen molar-refractivity contribution in [3.8, 4) is 6.07 Å². The Labute approximate surface area is 140 Å². The van der Waals surface area contributed by atoms with Crippen LogP contribution in [-0.2, 0) is 20.9 Å². The van der Waals surface area contributed by atoms with Crippen LogP contribution in [0.2, 0.25) is 0 Å². The third kappa shape index (κ3) is 4.46. The monoisotopic (exact) mass is 325 g/mol. The van der Waals surface area contributed by atoms with Gasteiger partial charge in [-0.05, 0) is 19.1 Å². The third-order valence-corrected chi connectivity index (χ3v) is 3.41. The quantitative estimate of drug-likeness (QED) is 0.625. The number of ether oxygens (including phenoxy) is 1. The van der Waals surface area contributed by atoms with Crippen molar-refractivity contribution >= 4 is 28.9 Å². The molecule has 0 saturated heterocycles. The Hall–Kier alpha value is -3.07. The van der Waals surface area contributed by atoms with Gasteiger partial charge in [0.25, 0.3) is 0 Å². The maximum atomic E-state index is 11.8. The van der Waals surface area contributed by atoms with Crippen molar-refractivity contribution in [2.45, 2.75) is 19.9 Å². The summed E-state index contributed by atoms with van der Waals surface area (Å²) in [5, 5.41) is 12.2. The van der Waals surface area contributed by atoms with Gasteiger partial charge in [-0.15, -0.1) is 0 Å². The number of amides is 1. The number of benzene rings is 1. The van der Waals surface area contributed by atoms with Gasteiger partial charge in [0.1, 0.15) is 6.54 Å². The molecule has 0 atom stereocenters. The third-order valence-electron chi connectivity index (χ3n) is 3.41. The van der Waals surface area contributed by atoms with Crippen LogP contribution in [-0.4, -0.2) is 29.6 Å². The molecule has 0 spiro atoms. The Kier molecular flexibility index (Phi) is 6.15. The van der Waals surface area contributed by atoms with E-state index in [0.717, 1.165) is 16.5 Å². The van der Waals surface area contributed by atoms with Crippen LogP contribution in [0.1, 0.15) is 18.9 Å². The van der Waals surface area contributed by atoms with Gasteiger partial charge >= 0.3 is 5.97 Å². The van der Waals surface area contributed by atoms with E-state index in [1.54, 1.807) is 13.0 Å². The molecule has 0 radical (unpaired) electrons. The van der Waals surface area contributed by atoms with Crippen LogP contribution in [0.3, 0.4) is 0 Å². The van der Waals surface area contributed by atoms with Crippen molar-refractivity contribution in [2.75, 3.05) is 13.2 Å². The zero-order valence-corrected chi connectivity index (χ0v) is 13.5. The molecular weight excluding hydrogens is 306 g/mol. The second-order valence-electron chi connectivity index (χ2n) is 5.06. The Balaban J connectivity index is 2.10. The predicted octanol–water partition coefficient (Wildman–Crippen LogP) is 2.25. The molecule has 0 bridgehead atoms. The summed E-state index contributed by atoms with van der Waals surface area (Å²) in [4.78, 5) is 23.0. The smallest absolute Gasteiger partial charge is 0.325 e. The lowest BCUT2D eigenvalue weighted by Crippen LogP contribution is -2.29. The fourth-order valence-corrected chi connectivity index (χ4v) is 2.36. The van der Waals surface area contributed by atoms with E-state index >= 15 is 0 Å². The number of rotatable bonds is 7. The van der Waals surface area contributed by atoms with Crippen molar-refractivity contribution < 1.29 is 14.3 Å². The number of hydrogen-bond donors (Lipinski definition) is 1. The number of aryl methyl sites for hydroxylation is 1. The second-order valence-corrected chi connectivity index (χ2v) is 5.06. The van der Waals surface area contributed by atoms with Crippen molar-refractivity contribution in [1.82, 2.24) is 9.88 Å². The minimum Gasteiger partial charge on any atom is -0.465 e. The molecule has 1 aromatic heterocycles. The first-order chi connectivity index (χ1) is 11.7. The molecule has 6 nitrogen and oxygen atoms in total. The number of para-hydroxylation sites is 1. The lowest BCUT2D eigenvalue weighted by atomic mass is 10.1. The van der Waals surface area contributed by atoms with Gasteiger partial charge in [-0.2, -0.15) is 5.26 Å². The van der Waals surface area contributed by atoms with E-state index in [-0.39, 0.29) is 19.1 Å². The van der Waals surface area contributed by atoms with Gasteiger partial charge < -0.3 is 14.6 Å². The largest absolute Gasteiger partial charge is 0.465 e. The van der Waals surface area contributed by atoms with E-state index in [9.17, 15) is 9.59 Å². The van der Waals surface area contributed by atoms with Crippen LogP contribution in [0, 0.1) is 11.3 Å². The standard InChI is InChI=1S/C18H19N3O3/c1-2-24-18(23)12-20-17(22)9-8-14-13-21(11-5-10-19)16-7-4-3-6-15(14)16/h3-4,6-9,13H,2,5,11-12H2,1H3,(H,20,22)/b9-8+. The number of fused-ring (bicyclic) bond motifs is 1. The van der Waals surface area contributed by atoms with Gasteiger partial charge in [-0.3, -0.25) is 9.59 Å². The molecule has 124 valence electrons. The molecule has 0 unspecified atom stereocenters. The van der Waals surface area contributed by atoms with Crippen LogP contribution >= 0.6 is 0 Å². The van der Waals surface area contributed by atoms with Crippen molar-refractivity contribution in [2.24, 2.45) is 0 Å². The number of nitrogens with zero attached hydrogens (tertiary/aromatic N) is 2. The molecule has 1 N–H and O–H groups in total. The summed E-state index contributed by atoms with van der Waals surface area (Å²) >= 11 is 0. The Morgan fingerprint density at radius 2 is 2.17 bits per heavy atom. The number of nitrogens with one attached hydrogen (secondary N) is 1. The Morgan fingerprint density at radius 3 is 2.92 bits per heavy atom. The van der Waals surface area contributed by atoms with Crippen LogP contribution < -0.4 is 5.32 Å². The van der Waals surface area contributed by atoms with E-state index < -0.39 is 5.97 Å². The summed E-state index contributed by atoms with van der Waals surface area (Å²) in [6.07, 6.45) is 5.42. The first-order valence-electron chi connectivity index (χ1n) is 7.72. The summed E-state index contributed by atoms with van der Waals surface area (Å²) in [5.41, 5.74) is 1.90. The van der Waals surface area contributed by atoms with Gasteiger partial charge in [0.15, 0.2) is 0 Å². The van der Waals surface area contributed by atoms with Crippen molar-refractivity contribution in [1.29, 1.82) is 5.26 Å². The zero-order chi connectivity index (χ0) is 17.4. The fraction of sp³-hybridized carbons (Fsp3) is 0.278.